The van der Waals surface area contributed by atoms with Crippen LogP contribution in [-0.2, 0) is 17.8 Å². The molecule has 6 heteroatoms. The Morgan fingerprint density at radius 3 is 2.44 bits per heavy atom. The number of ether oxygens (including phenoxy) is 3. The molecule has 1 amide bonds. The van der Waals surface area contributed by atoms with E-state index >= 15 is 0 Å². The van der Waals surface area contributed by atoms with Crippen LogP contribution < -0.4 is 19.5 Å². The minimum Gasteiger partial charge on any atom is -0.496 e. The topological polar surface area (TPSA) is 56.8 Å². The van der Waals surface area contributed by atoms with Crippen molar-refractivity contribution in [3.05, 3.63) is 52.0 Å². The van der Waals surface area contributed by atoms with Crippen molar-refractivity contribution in [3.63, 3.8) is 0 Å². The van der Waals surface area contributed by atoms with Gasteiger partial charge in [0.15, 0.2) is 11.5 Å². The second-order valence-electron chi connectivity index (χ2n) is 5.39. The molecule has 2 aromatic carbocycles. The Bertz CT molecular complexity index is 733. The van der Waals surface area contributed by atoms with Crippen molar-refractivity contribution in [2.75, 3.05) is 21.3 Å². The van der Waals surface area contributed by atoms with E-state index in [-0.39, 0.29) is 5.91 Å². The van der Waals surface area contributed by atoms with Gasteiger partial charge in [-0.1, -0.05) is 28.1 Å². The molecule has 0 bridgehead atoms. The molecule has 2 aromatic rings. The number of carbonyl (C=O) groups is 1. The number of nitrogens with one attached hydrogen (secondary N) is 1. The van der Waals surface area contributed by atoms with Gasteiger partial charge in [0.1, 0.15) is 5.75 Å². The SMILES string of the molecule is COc1ccc(Br)cc1CNC(=O)CCc1cccc(OC)c1OC. The van der Waals surface area contributed by atoms with Gasteiger partial charge < -0.3 is 19.5 Å². The van der Waals surface area contributed by atoms with Gasteiger partial charge in [-0.25, -0.2) is 0 Å². The number of amides is 1. The number of rotatable bonds is 8. The van der Waals surface area contributed by atoms with Crippen LogP contribution in [0, 0.1) is 0 Å². The number of para-hydroxylation sites is 1. The van der Waals surface area contributed by atoms with Crippen molar-refractivity contribution in [1.29, 1.82) is 0 Å². The fraction of sp³-hybridized carbons (Fsp3) is 0.316. The van der Waals surface area contributed by atoms with E-state index in [4.69, 9.17) is 14.2 Å². The van der Waals surface area contributed by atoms with Crippen LogP contribution in [0.25, 0.3) is 0 Å². The molecule has 1 N–H and O–H groups in total. The summed E-state index contributed by atoms with van der Waals surface area (Å²) in [6.45, 7) is 0.413. The highest BCUT2D eigenvalue weighted by atomic mass is 79.9. The summed E-state index contributed by atoms with van der Waals surface area (Å²) in [4.78, 5) is 12.2. The molecule has 0 aliphatic heterocycles. The largest absolute Gasteiger partial charge is 0.496 e. The highest BCUT2D eigenvalue weighted by Crippen LogP contribution is 2.31. The van der Waals surface area contributed by atoms with Gasteiger partial charge in [0.2, 0.25) is 5.91 Å². The van der Waals surface area contributed by atoms with Crippen molar-refractivity contribution < 1.29 is 19.0 Å². The number of hydrogen-bond acceptors (Lipinski definition) is 4. The maximum atomic E-state index is 12.2. The zero-order valence-corrected chi connectivity index (χ0v) is 16.2. The number of methoxy groups -OCH3 is 3. The summed E-state index contributed by atoms with van der Waals surface area (Å²) in [5.74, 6) is 2.05. The maximum Gasteiger partial charge on any atom is 0.220 e. The normalized spacial score (nSPS) is 10.2. The summed E-state index contributed by atoms with van der Waals surface area (Å²) in [5.41, 5.74) is 1.86. The first-order chi connectivity index (χ1) is 12.1. The van der Waals surface area contributed by atoms with Gasteiger partial charge in [-0.2, -0.15) is 0 Å². The summed E-state index contributed by atoms with van der Waals surface area (Å²) < 4.78 is 16.9. The quantitative estimate of drug-likeness (QED) is 0.724. The average molecular weight is 408 g/mol. The van der Waals surface area contributed by atoms with Gasteiger partial charge in [-0.3, -0.25) is 4.79 Å². The molecule has 0 unspecified atom stereocenters. The molecule has 5 nitrogen and oxygen atoms in total. The van der Waals surface area contributed by atoms with E-state index in [1.54, 1.807) is 21.3 Å². The molecule has 0 atom stereocenters. The van der Waals surface area contributed by atoms with E-state index in [1.807, 2.05) is 36.4 Å². The molecule has 0 saturated carbocycles. The molecule has 25 heavy (non-hydrogen) atoms. The Morgan fingerprint density at radius 1 is 1.00 bits per heavy atom. The highest BCUT2D eigenvalue weighted by Gasteiger charge is 2.12. The lowest BCUT2D eigenvalue weighted by Gasteiger charge is -2.13. The standard InChI is InChI=1S/C19H22BrNO4/c1-23-16-9-8-15(20)11-14(16)12-21-18(22)10-7-13-5-4-6-17(24-2)19(13)25-3/h4-6,8-9,11H,7,10,12H2,1-3H3,(H,21,22). The molecular formula is C19H22BrNO4. The minimum absolute atomic E-state index is 0.0353. The minimum atomic E-state index is -0.0353. The smallest absolute Gasteiger partial charge is 0.220 e. The number of carbonyl (C=O) groups excluding carboxylic acids is 1. The predicted octanol–water partition coefficient (Wildman–Crippen LogP) is 3.72. The molecule has 0 aromatic heterocycles. The van der Waals surface area contributed by atoms with Crippen molar-refractivity contribution in [1.82, 2.24) is 5.32 Å². The zero-order chi connectivity index (χ0) is 18.2. The first kappa shape index (κ1) is 19.1. The number of aryl methyl sites for hydroxylation is 1. The van der Waals surface area contributed by atoms with Crippen LogP contribution in [0.1, 0.15) is 17.5 Å². The van der Waals surface area contributed by atoms with E-state index in [1.165, 1.54) is 0 Å². The monoisotopic (exact) mass is 407 g/mol. The number of halogens is 1. The maximum absolute atomic E-state index is 12.2. The van der Waals surface area contributed by atoms with Gasteiger partial charge in [-0.05, 0) is 36.2 Å². The van der Waals surface area contributed by atoms with Crippen LogP contribution in [0.5, 0.6) is 17.2 Å². The van der Waals surface area contributed by atoms with Gasteiger partial charge in [0.05, 0.1) is 21.3 Å². The van der Waals surface area contributed by atoms with Gasteiger partial charge >= 0.3 is 0 Å². The molecule has 2 rings (SSSR count). The van der Waals surface area contributed by atoms with Crippen LogP contribution in [-0.4, -0.2) is 27.2 Å². The van der Waals surface area contributed by atoms with Crippen LogP contribution >= 0.6 is 15.9 Å². The summed E-state index contributed by atoms with van der Waals surface area (Å²) in [5, 5.41) is 2.93. The number of benzene rings is 2. The van der Waals surface area contributed by atoms with Crippen molar-refractivity contribution >= 4 is 21.8 Å². The lowest BCUT2D eigenvalue weighted by molar-refractivity contribution is -0.121. The van der Waals surface area contributed by atoms with E-state index in [9.17, 15) is 4.79 Å². The van der Waals surface area contributed by atoms with E-state index in [0.717, 1.165) is 21.3 Å². The fourth-order valence-electron chi connectivity index (χ4n) is 2.57. The Hall–Kier alpha value is -2.21. The van der Waals surface area contributed by atoms with Crippen LogP contribution in [0.2, 0.25) is 0 Å². The summed E-state index contributed by atoms with van der Waals surface area (Å²) in [6, 6.07) is 11.4. The summed E-state index contributed by atoms with van der Waals surface area (Å²) >= 11 is 3.43. The van der Waals surface area contributed by atoms with Crippen molar-refractivity contribution in [2.24, 2.45) is 0 Å². The van der Waals surface area contributed by atoms with Crippen molar-refractivity contribution in [2.45, 2.75) is 19.4 Å². The second kappa shape index (κ2) is 9.32. The summed E-state index contributed by atoms with van der Waals surface area (Å²) in [6.07, 6.45) is 0.932. The van der Waals surface area contributed by atoms with Crippen LogP contribution in [0.3, 0.4) is 0 Å². The fourth-order valence-corrected chi connectivity index (χ4v) is 2.97. The Kier molecular flexibility index (Phi) is 7.13. The van der Waals surface area contributed by atoms with E-state index < -0.39 is 0 Å². The average Bonchev–Trinajstić information content (AvgIpc) is 2.64. The molecule has 0 radical (unpaired) electrons. The molecule has 0 heterocycles. The first-order valence-corrected chi connectivity index (χ1v) is 8.67. The molecule has 0 saturated heterocycles. The van der Waals surface area contributed by atoms with Gasteiger partial charge in [-0.15, -0.1) is 0 Å². The lowest BCUT2D eigenvalue weighted by Crippen LogP contribution is -2.23. The Morgan fingerprint density at radius 2 is 1.76 bits per heavy atom. The highest BCUT2D eigenvalue weighted by molar-refractivity contribution is 9.10. The Labute approximate surface area is 156 Å². The van der Waals surface area contributed by atoms with Crippen LogP contribution in [0.15, 0.2) is 40.9 Å². The van der Waals surface area contributed by atoms with E-state index in [2.05, 4.69) is 21.2 Å². The first-order valence-electron chi connectivity index (χ1n) is 7.88. The third-order valence-electron chi connectivity index (χ3n) is 3.82. The molecule has 0 aliphatic rings. The number of hydrogen-bond donors (Lipinski definition) is 1. The molecule has 134 valence electrons. The molecular weight excluding hydrogens is 386 g/mol. The molecule has 0 fully saturated rings. The van der Waals surface area contributed by atoms with E-state index in [0.29, 0.717) is 30.9 Å². The van der Waals surface area contributed by atoms with Gasteiger partial charge in [0.25, 0.3) is 0 Å². The molecule has 0 aliphatic carbocycles. The Balaban J connectivity index is 1.95. The molecule has 0 spiro atoms. The summed E-state index contributed by atoms with van der Waals surface area (Å²) in [7, 11) is 4.81. The van der Waals surface area contributed by atoms with Gasteiger partial charge in [0, 0.05) is 23.0 Å². The second-order valence-corrected chi connectivity index (χ2v) is 6.30. The van der Waals surface area contributed by atoms with Crippen molar-refractivity contribution in [3.8, 4) is 17.2 Å². The lowest BCUT2D eigenvalue weighted by atomic mass is 10.1. The third-order valence-corrected chi connectivity index (χ3v) is 4.32. The predicted molar refractivity (Wildman–Crippen MR) is 100 cm³/mol. The van der Waals surface area contributed by atoms with Crippen LogP contribution in [0.4, 0.5) is 0 Å². The zero-order valence-electron chi connectivity index (χ0n) is 14.6. The third kappa shape index (κ3) is 5.13.